The molecule has 4 rings (SSSR count). The van der Waals surface area contributed by atoms with Crippen molar-refractivity contribution < 1.29 is 9.18 Å². The molecule has 0 unspecified atom stereocenters. The molecule has 0 spiro atoms. The first-order valence-electron chi connectivity index (χ1n) is 9.19. The van der Waals surface area contributed by atoms with E-state index in [-0.39, 0.29) is 11.2 Å². The third-order valence-corrected chi connectivity index (χ3v) is 5.65. The van der Waals surface area contributed by atoms with Crippen molar-refractivity contribution in [2.45, 2.75) is 32.6 Å². The Morgan fingerprint density at radius 3 is 2.50 bits per heavy atom. The molecule has 1 N–H and O–H groups in total. The molecule has 2 heterocycles. The first kappa shape index (κ1) is 18.4. The van der Waals surface area contributed by atoms with Crippen molar-refractivity contribution >= 4 is 11.6 Å². The number of hydrogen-bond donors (Lipinski definition) is 1. The lowest BCUT2D eigenvalue weighted by Gasteiger charge is -2.39. The van der Waals surface area contributed by atoms with Crippen LogP contribution in [-0.2, 0) is 18.9 Å². The number of rotatable bonds is 1. The summed E-state index contributed by atoms with van der Waals surface area (Å²) in [5.41, 5.74) is 0.829. The van der Waals surface area contributed by atoms with Crippen molar-refractivity contribution in [3.05, 3.63) is 73.3 Å². The number of carbonyl (C=O) groups excluding carboxylic acids is 1. The van der Waals surface area contributed by atoms with Crippen LogP contribution in [0.2, 0.25) is 0 Å². The van der Waals surface area contributed by atoms with E-state index in [4.69, 9.17) is 0 Å². The Morgan fingerprint density at radius 1 is 1.11 bits per heavy atom. The maximum Gasteiger partial charge on any atom is 0.332 e. The summed E-state index contributed by atoms with van der Waals surface area (Å²) in [6, 6.07) is 5.95. The molecule has 0 radical (unpaired) electrons. The average Bonchev–Trinajstić information content (AvgIpc) is 2.62. The molecule has 0 fully saturated rings. The summed E-state index contributed by atoms with van der Waals surface area (Å²) in [6.07, 6.45) is 0.948. The fourth-order valence-electron chi connectivity index (χ4n) is 4.37. The fourth-order valence-corrected chi connectivity index (χ4v) is 4.37. The van der Waals surface area contributed by atoms with Crippen LogP contribution in [0.3, 0.4) is 0 Å². The zero-order valence-electron chi connectivity index (χ0n) is 16.3. The monoisotopic (exact) mass is 383 g/mol. The topological polar surface area (TPSA) is 73.1 Å². The molecule has 1 aromatic carbocycles. The number of benzene rings is 1. The summed E-state index contributed by atoms with van der Waals surface area (Å²) >= 11 is 0. The number of anilines is 1. The van der Waals surface area contributed by atoms with Gasteiger partial charge in [0.1, 0.15) is 11.6 Å². The first-order valence-corrected chi connectivity index (χ1v) is 9.19. The summed E-state index contributed by atoms with van der Waals surface area (Å²) in [4.78, 5) is 38.6. The zero-order chi connectivity index (χ0) is 20.4. The van der Waals surface area contributed by atoms with Crippen LogP contribution in [-0.4, -0.2) is 14.9 Å². The number of carbonyl (C=O) groups is 1. The Morgan fingerprint density at radius 2 is 1.82 bits per heavy atom. The van der Waals surface area contributed by atoms with Crippen LogP contribution in [0.1, 0.15) is 43.7 Å². The summed E-state index contributed by atoms with van der Waals surface area (Å²) in [6.45, 7) is 4.01. The van der Waals surface area contributed by atoms with Crippen LogP contribution < -0.4 is 16.6 Å². The minimum absolute atomic E-state index is 0.0606. The van der Waals surface area contributed by atoms with Crippen LogP contribution in [0.15, 0.2) is 45.1 Å². The molecule has 2 aromatic rings. The third kappa shape index (κ3) is 2.65. The average molecular weight is 383 g/mol. The normalized spacial score (nSPS) is 20.5. The largest absolute Gasteiger partial charge is 0.344 e. The second-order valence-corrected chi connectivity index (χ2v) is 8.41. The van der Waals surface area contributed by atoms with E-state index >= 15 is 0 Å². The molecule has 1 aromatic heterocycles. The molecule has 1 atom stereocenters. The maximum absolute atomic E-state index is 14.0. The maximum atomic E-state index is 14.0. The van der Waals surface area contributed by atoms with E-state index in [9.17, 15) is 18.8 Å². The number of aromatic nitrogens is 2. The van der Waals surface area contributed by atoms with Crippen LogP contribution >= 0.6 is 0 Å². The molecule has 0 saturated carbocycles. The SMILES string of the molecule is Cn1c2c(c(=O)n(C)c1=O)[C@H](c1cccc(F)c1)C1=C(CC(C)(C)CC1=O)N2. The standard InChI is InChI=1S/C21H22FN3O3/c1-21(2)9-13-16(14(26)10-21)15(11-6-5-7-12(22)8-11)17-18(23-13)24(3)20(28)25(4)19(17)27/h5-8,15,23H,9-10H2,1-4H3/t15-/m1/s1. The second-order valence-electron chi connectivity index (χ2n) is 8.41. The molecule has 0 saturated heterocycles. The lowest BCUT2D eigenvalue weighted by Crippen LogP contribution is -2.45. The Hall–Kier alpha value is -2.96. The summed E-state index contributed by atoms with van der Waals surface area (Å²) in [5, 5.41) is 3.19. The zero-order valence-corrected chi connectivity index (χ0v) is 16.3. The van der Waals surface area contributed by atoms with E-state index in [0.29, 0.717) is 41.1 Å². The Balaban J connectivity index is 2.09. The molecular weight excluding hydrogens is 361 g/mol. The van der Waals surface area contributed by atoms with Gasteiger partial charge in [0.2, 0.25) is 0 Å². The van der Waals surface area contributed by atoms with Gasteiger partial charge in [0.05, 0.1) is 5.56 Å². The number of fused-ring (bicyclic) bond motifs is 1. The van der Waals surface area contributed by atoms with E-state index < -0.39 is 23.0 Å². The number of halogens is 1. The summed E-state index contributed by atoms with van der Waals surface area (Å²) in [5.74, 6) is -0.845. The summed E-state index contributed by atoms with van der Waals surface area (Å²) < 4.78 is 16.4. The smallest absolute Gasteiger partial charge is 0.332 e. The molecule has 1 aliphatic carbocycles. The van der Waals surface area contributed by atoms with Gasteiger partial charge >= 0.3 is 5.69 Å². The van der Waals surface area contributed by atoms with Gasteiger partial charge in [0.15, 0.2) is 5.78 Å². The number of nitrogens with zero attached hydrogens (tertiary/aromatic N) is 2. The summed E-state index contributed by atoms with van der Waals surface area (Å²) in [7, 11) is 2.99. The van der Waals surface area contributed by atoms with Crippen molar-refractivity contribution in [1.82, 2.24) is 9.13 Å². The number of nitrogens with one attached hydrogen (secondary N) is 1. The Kier molecular flexibility index (Phi) is 3.96. The van der Waals surface area contributed by atoms with Gasteiger partial charge in [-0.2, -0.15) is 0 Å². The van der Waals surface area contributed by atoms with E-state index in [1.54, 1.807) is 19.2 Å². The molecule has 0 bridgehead atoms. The Bertz CT molecular complexity index is 1170. The van der Waals surface area contributed by atoms with Gasteiger partial charge in [-0.1, -0.05) is 26.0 Å². The highest BCUT2D eigenvalue weighted by Crippen LogP contribution is 2.47. The van der Waals surface area contributed by atoms with Gasteiger partial charge in [-0.15, -0.1) is 0 Å². The number of ketones is 1. The quantitative estimate of drug-likeness (QED) is 0.821. The van der Waals surface area contributed by atoms with Crippen molar-refractivity contribution in [2.75, 3.05) is 5.32 Å². The van der Waals surface area contributed by atoms with Crippen molar-refractivity contribution in [1.29, 1.82) is 0 Å². The second kappa shape index (κ2) is 6.02. The van der Waals surface area contributed by atoms with Crippen molar-refractivity contribution in [2.24, 2.45) is 19.5 Å². The molecular formula is C21H22FN3O3. The van der Waals surface area contributed by atoms with Gasteiger partial charge in [0.25, 0.3) is 5.56 Å². The predicted octanol–water partition coefficient (Wildman–Crippen LogP) is 2.42. The van der Waals surface area contributed by atoms with Gasteiger partial charge in [-0.3, -0.25) is 18.7 Å². The van der Waals surface area contributed by atoms with Gasteiger partial charge in [-0.25, -0.2) is 9.18 Å². The molecule has 28 heavy (non-hydrogen) atoms. The van der Waals surface area contributed by atoms with Gasteiger partial charge in [-0.05, 0) is 29.5 Å². The van der Waals surface area contributed by atoms with Crippen molar-refractivity contribution in [3.8, 4) is 0 Å². The minimum atomic E-state index is -0.712. The van der Waals surface area contributed by atoms with Crippen molar-refractivity contribution in [3.63, 3.8) is 0 Å². The van der Waals surface area contributed by atoms with Gasteiger partial charge < -0.3 is 5.32 Å². The molecule has 6 nitrogen and oxygen atoms in total. The highest BCUT2D eigenvalue weighted by Gasteiger charge is 2.42. The predicted molar refractivity (Wildman–Crippen MR) is 104 cm³/mol. The number of allylic oxidation sites excluding steroid dienone is 2. The third-order valence-electron chi connectivity index (χ3n) is 5.65. The first-order chi connectivity index (χ1) is 13.1. The molecule has 0 amide bonds. The van der Waals surface area contributed by atoms with E-state index in [2.05, 4.69) is 5.32 Å². The van der Waals surface area contributed by atoms with Gasteiger partial charge in [0, 0.05) is 37.7 Å². The van der Waals surface area contributed by atoms with E-state index in [1.165, 1.54) is 23.7 Å². The molecule has 7 heteroatoms. The van der Waals surface area contributed by atoms with Crippen LogP contribution in [0.4, 0.5) is 10.2 Å². The molecule has 1 aliphatic heterocycles. The molecule has 146 valence electrons. The Labute approximate surface area is 161 Å². The van der Waals surface area contributed by atoms with E-state index in [1.807, 2.05) is 13.8 Å². The highest BCUT2D eigenvalue weighted by atomic mass is 19.1. The minimum Gasteiger partial charge on any atom is -0.344 e. The highest BCUT2D eigenvalue weighted by molar-refractivity contribution is 6.01. The van der Waals surface area contributed by atoms with Crippen LogP contribution in [0.25, 0.3) is 0 Å². The lowest BCUT2D eigenvalue weighted by molar-refractivity contribution is -0.118. The number of Topliss-reactive ketones (excluding diaryl/α,β-unsaturated/α-hetero) is 1. The van der Waals surface area contributed by atoms with Crippen LogP contribution in [0, 0.1) is 11.2 Å². The van der Waals surface area contributed by atoms with Crippen LogP contribution in [0.5, 0.6) is 0 Å². The lowest BCUT2D eigenvalue weighted by atomic mass is 9.69. The molecule has 2 aliphatic rings. The number of hydrogen-bond acceptors (Lipinski definition) is 4. The van der Waals surface area contributed by atoms with E-state index in [0.717, 1.165) is 4.57 Å². The fraction of sp³-hybridized carbons (Fsp3) is 0.381.